The van der Waals surface area contributed by atoms with Gasteiger partial charge in [0.1, 0.15) is 31.1 Å². The average molecular weight is 892 g/mol. The summed E-state index contributed by atoms with van der Waals surface area (Å²) < 4.78 is 13.1. The number of anilines is 3. The van der Waals surface area contributed by atoms with E-state index in [1.807, 2.05) is 23.9 Å². The lowest BCUT2D eigenvalue weighted by atomic mass is 9.77. The Bertz CT molecular complexity index is 3170. The molecule has 0 bridgehead atoms. The van der Waals surface area contributed by atoms with E-state index in [2.05, 4.69) is 220 Å². The topological polar surface area (TPSA) is 21.7 Å². The van der Waals surface area contributed by atoms with Gasteiger partial charge < -0.3 is 14.4 Å². The van der Waals surface area contributed by atoms with Gasteiger partial charge in [-0.25, -0.2) is 0 Å². The van der Waals surface area contributed by atoms with Gasteiger partial charge >= 0.3 is 0 Å². The van der Waals surface area contributed by atoms with Gasteiger partial charge in [-0.15, -0.1) is 0 Å². The highest BCUT2D eigenvalue weighted by Crippen LogP contribution is 2.53. The standard InChI is InChI=1S/C59H45NO2S2Si/c1-59(2)47-17-5-8-22-52(47)63-57-45(15-11-18-48(57)59)39-28-34-42(35-29-39)60(43-36-30-40(31-37-43)46-16-12-21-51-58(46)64-53-23-9-6-19-49(53)61-51)41-32-26-38(27-33-41)44-14-13-25-55-56(44)62-50-20-7-10-24-54(50)65(55,3)4/h5-37H,1-4H3. The van der Waals surface area contributed by atoms with Crippen molar-refractivity contribution in [3.05, 3.63) is 211 Å². The Balaban J connectivity index is 0.927. The van der Waals surface area contributed by atoms with E-state index in [-0.39, 0.29) is 5.41 Å². The molecular weight excluding hydrogens is 847 g/mol. The lowest BCUT2D eigenvalue weighted by Gasteiger charge is -2.35. The summed E-state index contributed by atoms with van der Waals surface area (Å²) in [4.78, 5) is 7.30. The second kappa shape index (κ2) is 15.5. The van der Waals surface area contributed by atoms with Crippen LogP contribution >= 0.6 is 23.5 Å². The summed E-state index contributed by atoms with van der Waals surface area (Å²) in [5, 5.41) is 2.68. The van der Waals surface area contributed by atoms with Crippen LogP contribution in [0.4, 0.5) is 17.1 Å². The Kier molecular flexibility index (Phi) is 9.49. The molecule has 314 valence electrons. The van der Waals surface area contributed by atoms with Crippen molar-refractivity contribution in [1.29, 1.82) is 0 Å². The highest BCUT2D eigenvalue weighted by atomic mass is 32.2. The molecule has 6 heteroatoms. The molecule has 0 N–H and O–H groups in total. The Morgan fingerprint density at radius 2 is 0.877 bits per heavy atom. The maximum Gasteiger partial charge on any atom is 0.142 e. The van der Waals surface area contributed by atoms with Crippen molar-refractivity contribution in [3.8, 4) is 56.4 Å². The number of hydrogen-bond acceptors (Lipinski definition) is 5. The Hall–Kier alpha value is -6.70. The van der Waals surface area contributed by atoms with Crippen molar-refractivity contribution < 1.29 is 9.47 Å². The quantitative estimate of drug-likeness (QED) is 0.155. The largest absolute Gasteiger partial charge is 0.457 e. The third-order valence-electron chi connectivity index (χ3n) is 13.5. The van der Waals surface area contributed by atoms with Gasteiger partial charge in [0.05, 0.1) is 9.79 Å². The number of para-hydroxylation sites is 3. The molecule has 65 heavy (non-hydrogen) atoms. The van der Waals surface area contributed by atoms with Gasteiger partial charge in [-0.1, -0.05) is 184 Å². The summed E-state index contributed by atoms with van der Waals surface area (Å²) in [6.45, 7) is 9.56. The molecule has 0 aromatic heterocycles. The van der Waals surface area contributed by atoms with Gasteiger partial charge in [-0.3, -0.25) is 0 Å². The first-order valence-corrected chi connectivity index (χ1v) is 26.9. The lowest BCUT2D eigenvalue weighted by molar-refractivity contribution is 0.455. The highest BCUT2D eigenvalue weighted by molar-refractivity contribution is 8.00. The van der Waals surface area contributed by atoms with Gasteiger partial charge in [0, 0.05) is 37.8 Å². The molecular formula is C59H45NO2S2Si. The molecule has 12 rings (SSSR count). The maximum atomic E-state index is 6.74. The fourth-order valence-corrected chi connectivity index (χ4v) is 15.4. The van der Waals surface area contributed by atoms with Crippen LogP contribution in [-0.4, -0.2) is 8.07 Å². The fourth-order valence-electron chi connectivity index (χ4n) is 9.98. The first kappa shape index (κ1) is 39.9. The Labute approximate surface area is 390 Å². The molecule has 9 aromatic carbocycles. The Morgan fingerprint density at radius 1 is 0.400 bits per heavy atom. The summed E-state index contributed by atoms with van der Waals surface area (Å²) in [6, 6.07) is 72.6. The van der Waals surface area contributed by atoms with E-state index in [1.165, 1.54) is 42.4 Å². The molecule has 0 atom stereocenters. The van der Waals surface area contributed by atoms with Crippen molar-refractivity contribution in [2.24, 2.45) is 0 Å². The summed E-state index contributed by atoms with van der Waals surface area (Å²) in [5.74, 6) is 3.76. The fraction of sp³-hybridized carbons (Fsp3) is 0.0847. The van der Waals surface area contributed by atoms with Crippen molar-refractivity contribution in [2.75, 3.05) is 4.90 Å². The van der Waals surface area contributed by atoms with Crippen molar-refractivity contribution >= 4 is 59.0 Å². The first-order chi connectivity index (χ1) is 31.7. The number of nitrogens with zero attached hydrogens (tertiary/aromatic N) is 1. The average Bonchev–Trinajstić information content (AvgIpc) is 3.34. The smallest absolute Gasteiger partial charge is 0.142 e. The monoisotopic (exact) mass is 891 g/mol. The zero-order chi connectivity index (χ0) is 43.9. The molecule has 3 heterocycles. The summed E-state index contributed by atoms with van der Waals surface area (Å²) in [7, 11) is -1.97. The van der Waals surface area contributed by atoms with Crippen LogP contribution in [0.3, 0.4) is 0 Å². The molecule has 3 nitrogen and oxygen atoms in total. The molecule has 9 aromatic rings. The van der Waals surface area contributed by atoms with Crippen LogP contribution in [0.25, 0.3) is 33.4 Å². The third-order valence-corrected chi connectivity index (χ3v) is 19.4. The second-order valence-corrected chi connectivity index (χ2v) is 24.5. The van der Waals surface area contributed by atoms with Gasteiger partial charge in [0.15, 0.2) is 0 Å². The number of ether oxygens (including phenoxy) is 2. The molecule has 3 aliphatic heterocycles. The molecule has 0 amide bonds. The van der Waals surface area contributed by atoms with Crippen LogP contribution in [0.15, 0.2) is 220 Å². The van der Waals surface area contributed by atoms with Crippen LogP contribution in [0, 0.1) is 0 Å². The van der Waals surface area contributed by atoms with E-state index in [0.29, 0.717) is 0 Å². The zero-order valence-electron chi connectivity index (χ0n) is 36.6. The minimum absolute atomic E-state index is 0.0920. The van der Waals surface area contributed by atoms with Gasteiger partial charge in [-0.2, -0.15) is 0 Å². The molecule has 0 aliphatic carbocycles. The normalized spacial score (nSPS) is 14.5. The third kappa shape index (κ3) is 6.65. The molecule has 0 spiro atoms. The predicted molar refractivity (Wildman–Crippen MR) is 274 cm³/mol. The van der Waals surface area contributed by atoms with Crippen LogP contribution in [0.2, 0.25) is 13.1 Å². The van der Waals surface area contributed by atoms with E-state index in [4.69, 9.17) is 9.47 Å². The zero-order valence-corrected chi connectivity index (χ0v) is 39.3. The Morgan fingerprint density at radius 3 is 1.57 bits per heavy atom. The molecule has 0 fully saturated rings. The molecule has 3 aliphatic rings. The van der Waals surface area contributed by atoms with Crippen molar-refractivity contribution in [1.82, 2.24) is 0 Å². The van der Waals surface area contributed by atoms with Crippen LogP contribution in [0.5, 0.6) is 23.0 Å². The summed E-state index contributed by atoms with van der Waals surface area (Å²) >= 11 is 3.67. The lowest BCUT2D eigenvalue weighted by Crippen LogP contribution is -2.56. The van der Waals surface area contributed by atoms with E-state index in [1.54, 1.807) is 11.8 Å². The minimum atomic E-state index is -1.97. The van der Waals surface area contributed by atoms with Crippen molar-refractivity contribution in [2.45, 2.75) is 51.9 Å². The molecule has 0 unspecified atom stereocenters. The number of hydrogen-bond donors (Lipinski definition) is 0. The van der Waals surface area contributed by atoms with E-state index >= 15 is 0 Å². The predicted octanol–water partition coefficient (Wildman–Crippen LogP) is 16.1. The SMILES string of the molecule is CC1(C)c2ccccc2Sc2c(-c3ccc(N(c4ccc(-c5cccc6c5Oc5ccccc5[Si]6(C)C)cc4)c4ccc(-c5cccc6c5Sc5ccccc5O6)cc4)cc3)cccc21. The van der Waals surface area contributed by atoms with Gasteiger partial charge in [0.2, 0.25) is 0 Å². The van der Waals surface area contributed by atoms with E-state index in [9.17, 15) is 0 Å². The first-order valence-electron chi connectivity index (χ1n) is 22.2. The van der Waals surface area contributed by atoms with Crippen LogP contribution in [-0.2, 0) is 5.41 Å². The number of benzene rings is 9. The summed E-state index contributed by atoms with van der Waals surface area (Å²) in [6.07, 6.45) is 0. The van der Waals surface area contributed by atoms with Gasteiger partial charge in [-0.05, 0) is 116 Å². The maximum absolute atomic E-state index is 6.74. The minimum Gasteiger partial charge on any atom is -0.457 e. The molecule has 0 saturated heterocycles. The number of fused-ring (bicyclic) bond motifs is 6. The van der Waals surface area contributed by atoms with Crippen molar-refractivity contribution in [3.63, 3.8) is 0 Å². The van der Waals surface area contributed by atoms with E-state index < -0.39 is 8.07 Å². The van der Waals surface area contributed by atoms with Gasteiger partial charge in [0.25, 0.3) is 0 Å². The van der Waals surface area contributed by atoms with E-state index in [0.717, 1.165) is 72.1 Å². The number of rotatable bonds is 6. The van der Waals surface area contributed by atoms with Crippen LogP contribution < -0.4 is 24.7 Å². The van der Waals surface area contributed by atoms with Crippen LogP contribution in [0.1, 0.15) is 25.0 Å². The summed E-state index contributed by atoms with van der Waals surface area (Å²) in [5.41, 5.74) is 12.9. The second-order valence-electron chi connectivity index (χ2n) is 18.1. The molecule has 0 saturated carbocycles. The highest BCUT2D eigenvalue weighted by Gasteiger charge is 2.38. The molecule has 0 radical (unpaired) electrons.